The lowest BCUT2D eigenvalue weighted by Crippen LogP contribution is -2.10. The maximum atomic E-state index is 11.2. The van der Waals surface area contributed by atoms with Gasteiger partial charge in [-0.3, -0.25) is 4.98 Å². The van der Waals surface area contributed by atoms with Crippen LogP contribution in [0.3, 0.4) is 0 Å². The van der Waals surface area contributed by atoms with Crippen LogP contribution in [0.2, 0.25) is 0 Å². The zero-order valence-corrected chi connectivity index (χ0v) is 12.3. The molecule has 4 heteroatoms. The second-order valence-electron chi connectivity index (χ2n) is 5.20. The first-order valence-corrected chi connectivity index (χ1v) is 7.06. The Morgan fingerprint density at radius 1 is 1.33 bits per heavy atom. The van der Waals surface area contributed by atoms with Crippen molar-refractivity contribution in [3.05, 3.63) is 59.4 Å². The van der Waals surface area contributed by atoms with Gasteiger partial charge in [0.25, 0.3) is 0 Å². The molecule has 4 nitrogen and oxygen atoms in total. The third-order valence-electron chi connectivity index (χ3n) is 3.53. The highest BCUT2D eigenvalue weighted by Crippen LogP contribution is 2.20. The monoisotopic (exact) mass is 284 g/mol. The van der Waals surface area contributed by atoms with Gasteiger partial charge in [0.15, 0.2) is 0 Å². The van der Waals surface area contributed by atoms with E-state index in [0.717, 1.165) is 18.7 Å². The lowest BCUT2D eigenvalue weighted by atomic mass is 9.98. The Morgan fingerprint density at radius 3 is 2.71 bits per heavy atom. The number of aromatic carboxylic acids is 1. The molecule has 1 unspecified atom stereocenters. The van der Waals surface area contributed by atoms with E-state index in [0.29, 0.717) is 11.6 Å². The number of rotatable bonds is 6. The molecule has 1 aromatic carbocycles. The van der Waals surface area contributed by atoms with E-state index >= 15 is 0 Å². The van der Waals surface area contributed by atoms with Crippen LogP contribution in [-0.4, -0.2) is 22.6 Å². The van der Waals surface area contributed by atoms with E-state index in [-0.39, 0.29) is 5.56 Å². The summed E-state index contributed by atoms with van der Waals surface area (Å²) >= 11 is 0. The summed E-state index contributed by atoms with van der Waals surface area (Å²) in [5.41, 5.74) is 2.95. The number of carbonyl (C=O) groups is 1. The molecule has 0 fully saturated rings. The van der Waals surface area contributed by atoms with Crippen molar-refractivity contribution in [2.45, 2.75) is 26.2 Å². The fraction of sp³-hybridized carbons (Fsp3) is 0.294. The van der Waals surface area contributed by atoms with Gasteiger partial charge in [-0.25, -0.2) is 4.79 Å². The number of pyridine rings is 1. The highest BCUT2D eigenvalue weighted by Gasteiger charge is 2.11. The van der Waals surface area contributed by atoms with E-state index in [2.05, 4.69) is 29.4 Å². The van der Waals surface area contributed by atoms with Crippen LogP contribution in [-0.2, 0) is 0 Å². The number of nitrogens with zero attached hydrogens (tertiary/aromatic N) is 1. The minimum atomic E-state index is -0.957. The molecular formula is C17H20N2O2. The summed E-state index contributed by atoms with van der Waals surface area (Å²) in [7, 11) is 0. The number of carboxylic acids is 1. The van der Waals surface area contributed by atoms with Gasteiger partial charge in [0.05, 0.1) is 5.69 Å². The van der Waals surface area contributed by atoms with E-state index in [1.54, 1.807) is 6.07 Å². The molecule has 2 rings (SSSR count). The van der Waals surface area contributed by atoms with E-state index in [9.17, 15) is 4.79 Å². The van der Waals surface area contributed by atoms with Crippen LogP contribution in [0, 0.1) is 6.92 Å². The largest absolute Gasteiger partial charge is 0.478 e. The lowest BCUT2D eigenvalue weighted by Gasteiger charge is -2.14. The predicted octanol–water partition coefficient (Wildman–Crippen LogP) is 3.69. The molecule has 1 aromatic heterocycles. The molecule has 0 saturated carbocycles. The van der Waals surface area contributed by atoms with Crippen molar-refractivity contribution >= 4 is 11.7 Å². The Bertz CT molecular complexity index is 611. The Labute approximate surface area is 124 Å². The van der Waals surface area contributed by atoms with Crippen LogP contribution in [0.4, 0.5) is 5.69 Å². The van der Waals surface area contributed by atoms with E-state index < -0.39 is 5.97 Å². The Balaban J connectivity index is 1.97. The molecule has 1 heterocycles. The molecular weight excluding hydrogens is 264 g/mol. The van der Waals surface area contributed by atoms with Gasteiger partial charge in [-0.05, 0) is 30.9 Å². The van der Waals surface area contributed by atoms with Gasteiger partial charge in [-0.2, -0.15) is 0 Å². The number of anilines is 1. The average molecular weight is 284 g/mol. The standard InChI is InChI=1S/C17H20N2O2/c1-12(14-6-4-3-5-7-14)8-9-18-16-10-13(2)19-11-15(16)17(20)21/h3-7,10-12H,8-9H2,1-2H3,(H,18,19)(H,20,21). The SMILES string of the molecule is Cc1cc(NCCC(C)c2ccccc2)c(C(=O)O)cn1. The van der Waals surface area contributed by atoms with Crippen molar-refractivity contribution in [3.8, 4) is 0 Å². The number of carboxylic acid groups (broad SMARTS) is 1. The first kappa shape index (κ1) is 15.0. The third-order valence-corrected chi connectivity index (χ3v) is 3.53. The fourth-order valence-corrected chi connectivity index (χ4v) is 2.25. The molecule has 2 aromatic rings. The maximum absolute atomic E-state index is 11.2. The highest BCUT2D eigenvalue weighted by atomic mass is 16.4. The summed E-state index contributed by atoms with van der Waals surface area (Å²) in [5.74, 6) is -0.531. The second-order valence-corrected chi connectivity index (χ2v) is 5.20. The van der Waals surface area contributed by atoms with Crippen LogP contribution in [0.25, 0.3) is 0 Å². The van der Waals surface area contributed by atoms with Crippen molar-refractivity contribution in [2.75, 3.05) is 11.9 Å². The average Bonchev–Trinajstić information content (AvgIpc) is 2.48. The number of hydrogen-bond acceptors (Lipinski definition) is 3. The van der Waals surface area contributed by atoms with Gasteiger partial charge in [-0.15, -0.1) is 0 Å². The first-order chi connectivity index (χ1) is 10.1. The van der Waals surface area contributed by atoms with Crippen molar-refractivity contribution in [2.24, 2.45) is 0 Å². The quantitative estimate of drug-likeness (QED) is 0.849. The normalized spacial score (nSPS) is 11.9. The van der Waals surface area contributed by atoms with E-state index in [4.69, 9.17) is 5.11 Å². The molecule has 1 atom stereocenters. The van der Waals surface area contributed by atoms with Crippen LogP contribution >= 0.6 is 0 Å². The summed E-state index contributed by atoms with van der Waals surface area (Å²) in [4.78, 5) is 15.2. The molecule has 21 heavy (non-hydrogen) atoms. The van der Waals surface area contributed by atoms with Crippen LogP contribution in [0.5, 0.6) is 0 Å². The molecule has 0 radical (unpaired) electrons. The number of hydrogen-bond donors (Lipinski definition) is 2. The number of aromatic nitrogens is 1. The minimum Gasteiger partial charge on any atom is -0.478 e. The van der Waals surface area contributed by atoms with Gasteiger partial charge in [-0.1, -0.05) is 37.3 Å². The van der Waals surface area contributed by atoms with Gasteiger partial charge in [0, 0.05) is 18.4 Å². The Morgan fingerprint density at radius 2 is 2.05 bits per heavy atom. The van der Waals surface area contributed by atoms with E-state index in [1.807, 2.05) is 25.1 Å². The highest BCUT2D eigenvalue weighted by molar-refractivity contribution is 5.93. The summed E-state index contributed by atoms with van der Waals surface area (Å²) in [6.07, 6.45) is 2.34. The molecule has 2 N–H and O–H groups in total. The molecule has 0 aliphatic heterocycles. The van der Waals surface area contributed by atoms with Crippen LogP contribution in [0.15, 0.2) is 42.6 Å². The Kier molecular flexibility index (Phi) is 4.93. The Hall–Kier alpha value is -2.36. The first-order valence-electron chi connectivity index (χ1n) is 7.06. The zero-order chi connectivity index (χ0) is 15.2. The number of aryl methyl sites for hydroxylation is 1. The predicted molar refractivity (Wildman–Crippen MR) is 83.9 cm³/mol. The van der Waals surface area contributed by atoms with Crippen molar-refractivity contribution in [3.63, 3.8) is 0 Å². The van der Waals surface area contributed by atoms with Crippen molar-refractivity contribution in [1.29, 1.82) is 0 Å². The van der Waals surface area contributed by atoms with Gasteiger partial charge in [0.1, 0.15) is 5.56 Å². The minimum absolute atomic E-state index is 0.216. The van der Waals surface area contributed by atoms with Crippen molar-refractivity contribution in [1.82, 2.24) is 4.98 Å². The van der Waals surface area contributed by atoms with E-state index in [1.165, 1.54) is 11.8 Å². The summed E-state index contributed by atoms with van der Waals surface area (Å²) in [5, 5.41) is 12.4. The topological polar surface area (TPSA) is 62.2 Å². The van der Waals surface area contributed by atoms with Gasteiger partial charge >= 0.3 is 5.97 Å². The number of benzene rings is 1. The zero-order valence-electron chi connectivity index (χ0n) is 12.3. The molecule has 0 spiro atoms. The summed E-state index contributed by atoms with van der Waals surface area (Å²) in [6, 6.07) is 12.1. The van der Waals surface area contributed by atoms with Gasteiger partial charge in [0.2, 0.25) is 0 Å². The molecule has 0 amide bonds. The fourth-order valence-electron chi connectivity index (χ4n) is 2.25. The van der Waals surface area contributed by atoms with Gasteiger partial charge < -0.3 is 10.4 Å². The van der Waals surface area contributed by atoms with Crippen molar-refractivity contribution < 1.29 is 9.90 Å². The third kappa shape index (κ3) is 4.05. The number of nitrogens with one attached hydrogen (secondary N) is 1. The molecule has 110 valence electrons. The molecule has 0 saturated heterocycles. The molecule has 0 aliphatic carbocycles. The summed E-state index contributed by atoms with van der Waals surface area (Å²) in [6.45, 7) is 4.75. The smallest absolute Gasteiger partial charge is 0.339 e. The van der Waals surface area contributed by atoms with Crippen LogP contribution in [0.1, 0.15) is 40.9 Å². The summed E-state index contributed by atoms with van der Waals surface area (Å²) < 4.78 is 0. The maximum Gasteiger partial charge on any atom is 0.339 e. The molecule has 0 bridgehead atoms. The van der Waals surface area contributed by atoms with Crippen LogP contribution < -0.4 is 5.32 Å². The second kappa shape index (κ2) is 6.88. The lowest BCUT2D eigenvalue weighted by molar-refractivity contribution is 0.0697. The molecule has 0 aliphatic rings.